The fraction of sp³-hybridized carbons (Fsp3) is 0.250. The molecule has 0 spiro atoms. The van der Waals surface area contributed by atoms with Crippen LogP contribution in [-0.2, 0) is 9.53 Å². The minimum atomic E-state index is -0.790. The van der Waals surface area contributed by atoms with Gasteiger partial charge >= 0.3 is 5.97 Å². The number of anilines is 1. The van der Waals surface area contributed by atoms with Crippen LogP contribution in [0.3, 0.4) is 0 Å². The van der Waals surface area contributed by atoms with Gasteiger partial charge in [-0.3, -0.25) is 9.59 Å². The van der Waals surface area contributed by atoms with E-state index in [-0.39, 0.29) is 17.5 Å². The number of esters is 1. The fourth-order valence-electron chi connectivity index (χ4n) is 2.49. The van der Waals surface area contributed by atoms with E-state index in [1.165, 1.54) is 12.1 Å². The Hall–Kier alpha value is -3.22. The van der Waals surface area contributed by atoms with Crippen LogP contribution in [0, 0.1) is 12.7 Å². The van der Waals surface area contributed by atoms with Gasteiger partial charge in [-0.25, -0.2) is 9.18 Å². The topological polar surface area (TPSA) is 84.5 Å². The van der Waals surface area contributed by atoms with Crippen molar-refractivity contribution >= 4 is 23.5 Å². The van der Waals surface area contributed by atoms with E-state index < -0.39 is 24.3 Å². The van der Waals surface area contributed by atoms with Crippen molar-refractivity contribution in [3.05, 3.63) is 65.0 Å². The second-order valence-electron chi connectivity index (χ2n) is 6.38. The average molecular weight is 370 g/mol. The molecular weight excluding hydrogens is 351 g/mol. The molecule has 0 unspecified atom stereocenters. The highest BCUT2D eigenvalue weighted by Gasteiger charge is 2.25. The lowest BCUT2D eigenvalue weighted by molar-refractivity contribution is -0.119. The van der Waals surface area contributed by atoms with Crippen LogP contribution in [0.5, 0.6) is 0 Å². The third-order valence-electron chi connectivity index (χ3n) is 4.11. The van der Waals surface area contributed by atoms with Gasteiger partial charge < -0.3 is 15.4 Å². The van der Waals surface area contributed by atoms with Gasteiger partial charge in [0.05, 0.1) is 16.8 Å². The van der Waals surface area contributed by atoms with Crippen molar-refractivity contribution < 1.29 is 23.5 Å². The Bertz CT molecular complexity index is 893. The number of hydrogen-bond acceptors (Lipinski definition) is 4. The van der Waals surface area contributed by atoms with Gasteiger partial charge in [0.1, 0.15) is 5.82 Å². The molecule has 0 atom stereocenters. The predicted molar refractivity (Wildman–Crippen MR) is 97.0 cm³/mol. The number of halogens is 1. The molecule has 2 N–H and O–H groups in total. The zero-order valence-corrected chi connectivity index (χ0v) is 14.8. The van der Waals surface area contributed by atoms with Crippen LogP contribution in [-0.4, -0.2) is 30.4 Å². The molecule has 1 aliphatic carbocycles. The number of carbonyl (C=O) groups is 3. The van der Waals surface area contributed by atoms with E-state index in [1.807, 2.05) is 0 Å². The highest BCUT2D eigenvalue weighted by atomic mass is 19.1. The number of ether oxygens (including phenoxy) is 1. The second kappa shape index (κ2) is 7.99. The van der Waals surface area contributed by atoms with Crippen molar-refractivity contribution in [1.82, 2.24) is 5.32 Å². The highest BCUT2D eigenvalue weighted by molar-refractivity contribution is 6.04. The lowest BCUT2D eigenvalue weighted by atomic mass is 10.1. The van der Waals surface area contributed by atoms with E-state index in [2.05, 4.69) is 10.6 Å². The molecule has 1 fully saturated rings. The molecule has 0 heterocycles. The van der Waals surface area contributed by atoms with Crippen LogP contribution in [0.25, 0.3) is 0 Å². The van der Waals surface area contributed by atoms with E-state index in [0.29, 0.717) is 16.8 Å². The van der Waals surface area contributed by atoms with Crippen LogP contribution in [0.4, 0.5) is 10.1 Å². The Morgan fingerprint density at radius 1 is 1.11 bits per heavy atom. The molecule has 6 nitrogen and oxygen atoms in total. The van der Waals surface area contributed by atoms with Crippen molar-refractivity contribution in [1.29, 1.82) is 0 Å². The Morgan fingerprint density at radius 3 is 2.59 bits per heavy atom. The Kier molecular flexibility index (Phi) is 5.49. The predicted octanol–water partition coefficient (Wildman–Crippen LogP) is 2.82. The third-order valence-corrected chi connectivity index (χ3v) is 4.11. The van der Waals surface area contributed by atoms with Gasteiger partial charge in [0.15, 0.2) is 6.61 Å². The lowest BCUT2D eigenvalue weighted by Gasteiger charge is -2.12. The summed E-state index contributed by atoms with van der Waals surface area (Å²) in [4.78, 5) is 36.4. The first-order chi connectivity index (χ1) is 12.9. The second-order valence-corrected chi connectivity index (χ2v) is 6.38. The smallest absolute Gasteiger partial charge is 0.339 e. The van der Waals surface area contributed by atoms with Crippen molar-refractivity contribution in [2.45, 2.75) is 25.8 Å². The minimum Gasteiger partial charge on any atom is -0.452 e. The van der Waals surface area contributed by atoms with Crippen LogP contribution < -0.4 is 10.6 Å². The summed E-state index contributed by atoms with van der Waals surface area (Å²) in [5, 5.41) is 5.42. The molecule has 7 heteroatoms. The summed E-state index contributed by atoms with van der Waals surface area (Å²) >= 11 is 0. The number of rotatable bonds is 6. The molecule has 0 radical (unpaired) electrons. The molecule has 0 saturated heterocycles. The number of amides is 2. The average Bonchev–Trinajstić information content (AvgIpc) is 3.46. The number of benzene rings is 2. The molecule has 0 aromatic heterocycles. The van der Waals surface area contributed by atoms with Crippen LogP contribution in [0.1, 0.15) is 39.1 Å². The standard InChI is InChI=1S/C20H19FN2O4/c1-12-6-7-13(21)10-16(12)20(26)27-11-18(24)23-17-5-3-2-4-15(17)19(25)22-14-8-9-14/h2-7,10,14H,8-9,11H2,1H3,(H,22,25)(H,23,24). The van der Waals surface area contributed by atoms with Gasteiger partial charge in [0, 0.05) is 6.04 Å². The third kappa shape index (κ3) is 4.91. The number of hydrogen-bond donors (Lipinski definition) is 2. The maximum absolute atomic E-state index is 13.3. The van der Waals surface area contributed by atoms with Crippen LogP contribution in [0.2, 0.25) is 0 Å². The maximum Gasteiger partial charge on any atom is 0.339 e. The number of aryl methyl sites for hydroxylation is 1. The van der Waals surface area contributed by atoms with E-state index in [1.54, 1.807) is 31.2 Å². The first-order valence-corrected chi connectivity index (χ1v) is 8.57. The monoisotopic (exact) mass is 370 g/mol. The zero-order valence-electron chi connectivity index (χ0n) is 14.8. The normalized spacial score (nSPS) is 13.0. The van der Waals surface area contributed by atoms with E-state index in [4.69, 9.17) is 4.74 Å². The SMILES string of the molecule is Cc1ccc(F)cc1C(=O)OCC(=O)Nc1ccccc1C(=O)NC1CC1. The number of carbonyl (C=O) groups excluding carboxylic acids is 3. The summed E-state index contributed by atoms with van der Waals surface area (Å²) in [5.41, 5.74) is 1.28. The molecule has 27 heavy (non-hydrogen) atoms. The quantitative estimate of drug-likeness (QED) is 0.766. The van der Waals surface area contributed by atoms with Gasteiger partial charge in [-0.05, 0) is 49.6 Å². The van der Waals surface area contributed by atoms with Crippen molar-refractivity contribution in [2.75, 3.05) is 11.9 Å². The molecule has 1 saturated carbocycles. The highest BCUT2D eigenvalue weighted by Crippen LogP contribution is 2.21. The summed E-state index contributed by atoms with van der Waals surface area (Å²) in [6.45, 7) is 1.10. The summed E-state index contributed by atoms with van der Waals surface area (Å²) in [6.07, 6.45) is 1.91. The molecule has 3 rings (SSSR count). The molecule has 140 valence electrons. The van der Waals surface area contributed by atoms with Crippen LogP contribution >= 0.6 is 0 Å². The molecule has 2 aromatic carbocycles. The molecule has 0 aliphatic heterocycles. The first kappa shape index (κ1) is 18.6. The summed E-state index contributed by atoms with van der Waals surface area (Å²) < 4.78 is 18.2. The van der Waals surface area contributed by atoms with Crippen molar-refractivity contribution in [3.8, 4) is 0 Å². The zero-order chi connectivity index (χ0) is 19.4. The van der Waals surface area contributed by atoms with Gasteiger partial charge in [-0.15, -0.1) is 0 Å². The van der Waals surface area contributed by atoms with Crippen molar-refractivity contribution in [3.63, 3.8) is 0 Å². The summed E-state index contributed by atoms with van der Waals surface area (Å²) in [5.74, 6) is -2.21. The summed E-state index contributed by atoms with van der Waals surface area (Å²) in [7, 11) is 0. The Labute approximate surface area is 155 Å². The molecule has 2 amide bonds. The Balaban J connectivity index is 1.60. The van der Waals surface area contributed by atoms with Gasteiger partial charge in [-0.1, -0.05) is 18.2 Å². The molecule has 2 aromatic rings. The number of para-hydroxylation sites is 1. The molecule has 1 aliphatic rings. The summed E-state index contributed by atoms with van der Waals surface area (Å²) in [6, 6.07) is 10.5. The lowest BCUT2D eigenvalue weighted by Crippen LogP contribution is -2.28. The fourth-order valence-corrected chi connectivity index (χ4v) is 2.49. The minimum absolute atomic E-state index is 0.0620. The van der Waals surface area contributed by atoms with Gasteiger partial charge in [-0.2, -0.15) is 0 Å². The van der Waals surface area contributed by atoms with Crippen LogP contribution in [0.15, 0.2) is 42.5 Å². The van der Waals surface area contributed by atoms with E-state index in [0.717, 1.165) is 18.9 Å². The van der Waals surface area contributed by atoms with E-state index >= 15 is 0 Å². The first-order valence-electron chi connectivity index (χ1n) is 8.57. The van der Waals surface area contributed by atoms with E-state index in [9.17, 15) is 18.8 Å². The molecule has 0 bridgehead atoms. The number of nitrogens with one attached hydrogen (secondary N) is 2. The Morgan fingerprint density at radius 2 is 1.85 bits per heavy atom. The van der Waals surface area contributed by atoms with Gasteiger partial charge in [0.25, 0.3) is 11.8 Å². The van der Waals surface area contributed by atoms with Crippen molar-refractivity contribution in [2.24, 2.45) is 0 Å². The maximum atomic E-state index is 13.3. The van der Waals surface area contributed by atoms with Gasteiger partial charge in [0.2, 0.25) is 0 Å². The molecular formula is C20H19FN2O4. The largest absolute Gasteiger partial charge is 0.452 e.